The lowest BCUT2D eigenvalue weighted by Gasteiger charge is -2.21. The van der Waals surface area contributed by atoms with Gasteiger partial charge in [-0.15, -0.1) is 0 Å². The van der Waals surface area contributed by atoms with Gasteiger partial charge in [0, 0.05) is 29.6 Å². The molecule has 1 amide bonds. The number of hydrogen-bond donors (Lipinski definition) is 3. The summed E-state index contributed by atoms with van der Waals surface area (Å²) in [4.78, 5) is 32.8. The van der Waals surface area contributed by atoms with E-state index >= 15 is 0 Å². The molecule has 1 aliphatic rings. The second kappa shape index (κ2) is 10.4. The first kappa shape index (κ1) is 23.4. The van der Waals surface area contributed by atoms with Crippen molar-refractivity contribution in [3.8, 4) is 6.01 Å². The Morgan fingerprint density at radius 2 is 1.88 bits per heavy atom. The molecule has 0 aliphatic heterocycles. The van der Waals surface area contributed by atoms with Crippen LogP contribution in [0.25, 0.3) is 0 Å². The lowest BCUT2D eigenvalue weighted by Crippen LogP contribution is -2.48. The standard InChI is InChI=1S/C24H27N5O5/c1-2-34-24-25-12-16(13-26-24)14-29-20(17-8-9-17)11-19(28-29)22(31)27-18(21(30)23(32)33)10-15-6-4-3-5-7-15/h3-7,11-13,17-18,21,30H,2,8-10,14H2,1H3,(H,27,31)(H,32,33). The molecule has 1 aliphatic carbocycles. The Balaban J connectivity index is 1.52. The van der Waals surface area contributed by atoms with Crippen LogP contribution in [0.2, 0.25) is 0 Å². The number of carboxylic acid groups (broad SMARTS) is 1. The second-order valence-corrected chi connectivity index (χ2v) is 8.25. The Bertz CT molecular complexity index is 1130. The van der Waals surface area contributed by atoms with Gasteiger partial charge in [0.05, 0.1) is 19.2 Å². The minimum atomic E-state index is -1.75. The van der Waals surface area contributed by atoms with E-state index in [-0.39, 0.29) is 12.1 Å². The van der Waals surface area contributed by atoms with Crippen LogP contribution < -0.4 is 10.1 Å². The number of aliphatic carboxylic acids is 1. The van der Waals surface area contributed by atoms with Crippen molar-refractivity contribution in [1.29, 1.82) is 0 Å². The van der Waals surface area contributed by atoms with E-state index in [1.807, 2.05) is 37.3 Å². The molecule has 3 aromatic rings. The predicted molar refractivity (Wildman–Crippen MR) is 122 cm³/mol. The summed E-state index contributed by atoms with van der Waals surface area (Å²) in [6.07, 6.45) is 3.77. The Morgan fingerprint density at radius 1 is 1.18 bits per heavy atom. The van der Waals surface area contributed by atoms with E-state index in [0.29, 0.717) is 25.1 Å². The van der Waals surface area contributed by atoms with Crippen LogP contribution in [0.4, 0.5) is 0 Å². The van der Waals surface area contributed by atoms with Gasteiger partial charge in [0.1, 0.15) is 5.69 Å². The van der Waals surface area contributed by atoms with Crippen LogP contribution in [-0.4, -0.2) is 60.6 Å². The highest BCUT2D eigenvalue weighted by Crippen LogP contribution is 2.40. The minimum Gasteiger partial charge on any atom is -0.479 e. The monoisotopic (exact) mass is 465 g/mol. The summed E-state index contributed by atoms with van der Waals surface area (Å²) in [6, 6.07) is 10.1. The quantitative estimate of drug-likeness (QED) is 0.389. The highest BCUT2D eigenvalue weighted by molar-refractivity contribution is 5.93. The van der Waals surface area contributed by atoms with E-state index in [2.05, 4.69) is 20.4 Å². The number of rotatable bonds is 11. The highest BCUT2D eigenvalue weighted by atomic mass is 16.5. The smallest absolute Gasteiger partial charge is 0.334 e. The van der Waals surface area contributed by atoms with E-state index in [9.17, 15) is 19.8 Å². The van der Waals surface area contributed by atoms with Gasteiger partial charge in [-0.3, -0.25) is 9.48 Å². The number of nitrogens with zero attached hydrogens (tertiary/aromatic N) is 4. The number of aliphatic hydroxyl groups excluding tert-OH is 1. The van der Waals surface area contributed by atoms with E-state index in [0.717, 1.165) is 29.7 Å². The van der Waals surface area contributed by atoms with Gasteiger partial charge >= 0.3 is 12.0 Å². The highest BCUT2D eigenvalue weighted by Gasteiger charge is 2.32. The van der Waals surface area contributed by atoms with Gasteiger partial charge in [0.15, 0.2) is 6.10 Å². The molecule has 4 rings (SSSR count). The van der Waals surface area contributed by atoms with E-state index in [1.165, 1.54) is 0 Å². The Morgan fingerprint density at radius 3 is 2.50 bits per heavy atom. The van der Waals surface area contributed by atoms with Crippen molar-refractivity contribution in [3.05, 3.63) is 71.3 Å². The second-order valence-electron chi connectivity index (χ2n) is 8.25. The maximum Gasteiger partial charge on any atom is 0.334 e. The largest absolute Gasteiger partial charge is 0.479 e. The molecule has 10 nitrogen and oxygen atoms in total. The fourth-order valence-electron chi connectivity index (χ4n) is 3.70. The van der Waals surface area contributed by atoms with Crippen LogP contribution in [-0.2, 0) is 17.8 Å². The van der Waals surface area contributed by atoms with E-state index in [4.69, 9.17) is 4.74 Å². The fraction of sp³-hybridized carbons (Fsp3) is 0.375. The molecular weight excluding hydrogens is 438 g/mol. The minimum absolute atomic E-state index is 0.166. The Hall–Kier alpha value is -3.79. The molecular formula is C24H27N5O5. The molecule has 2 unspecified atom stereocenters. The van der Waals surface area contributed by atoms with Crippen LogP contribution in [0.3, 0.4) is 0 Å². The lowest BCUT2D eigenvalue weighted by atomic mass is 10.0. The molecule has 0 bridgehead atoms. The maximum atomic E-state index is 13.0. The zero-order valence-electron chi connectivity index (χ0n) is 18.8. The third-order valence-corrected chi connectivity index (χ3v) is 5.58. The van der Waals surface area contributed by atoms with Gasteiger partial charge in [0.25, 0.3) is 5.91 Å². The molecule has 2 heterocycles. The topological polar surface area (TPSA) is 139 Å². The number of carbonyl (C=O) groups excluding carboxylic acids is 1. The Labute approximate surface area is 196 Å². The van der Waals surface area contributed by atoms with Crippen molar-refractivity contribution in [2.75, 3.05) is 6.61 Å². The molecule has 1 saturated carbocycles. The molecule has 34 heavy (non-hydrogen) atoms. The SMILES string of the molecule is CCOc1ncc(Cn2nc(C(=O)NC(Cc3ccccc3)C(O)C(=O)O)cc2C2CC2)cn1. The number of nitrogens with one attached hydrogen (secondary N) is 1. The molecule has 1 aromatic carbocycles. The van der Waals surface area contributed by atoms with Gasteiger partial charge in [-0.1, -0.05) is 30.3 Å². The maximum absolute atomic E-state index is 13.0. The summed E-state index contributed by atoms with van der Waals surface area (Å²) in [5.41, 5.74) is 2.71. The zero-order valence-corrected chi connectivity index (χ0v) is 18.8. The Kier molecular flexibility index (Phi) is 7.17. The third kappa shape index (κ3) is 5.76. The van der Waals surface area contributed by atoms with Gasteiger partial charge in [-0.05, 0) is 37.8 Å². The van der Waals surface area contributed by atoms with E-state index < -0.39 is 24.0 Å². The average molecular weight is 466 g/mol. The van der Waals surface area contributed by atoms with Gasteiger partial charge in [-0.25, -0.2) is 14.8 Å². The molecule has 0 spiro atoms. The van der Waals surface area contributed by atoms with Crippen molar-refractivity contribution in [1.82, 2.24) is 25.1 Å². The first-order chi connectivity index (χ1) is 16.4. The molecule has 10 heteroatoms. The van der Waals surface area contributed by atoms with Crippen LogP contribution in [0.15, 0.2) is 48.8 Å². The third-order valence-electron chi connectivity index (χ3n) is 5.58. The van der Waals surface area contributed by atoms with Gasteiger partial charge in [-0.2, -0.15) is 5.10 Å². The molecule has 0 saturated heterocycles. The number of aliphatic hydroxyl groups is 1. The number of carbonyl (C=O) groups is 2. The number of amides is 1. The molecule has 1 fully saturated rings. The summed E-state index contributed by atoms with van der Waals surface area (Å²) in [7, 11) is 0. The summed E-state index contributed by atoms with van der Waals surface area (Å²) in [5.74, 6) is -1.62. The molecule has 0 radical (unpaired) electrons. The molecule has 2 aromatic heterocycles. The first-order valence-corrected chi connectivity index (χ1v) is 11.2. The van der Waals surface area contributed by atoms with Crippen molar-refractivity contribution in [2.45, 2.75) is 50.8 Å². The normalized spacial score (nSPS) is 14.9. The lowest BCUT2D eigenvalue weighted by molar-refractivity contribution is -0.148. The number of benzene rings is 1. The van der Waals surface area contributed by atoms with Crippen molar-refractivity contribution < 1.29 is 24.5 Å². The van der Waals surface area contributed by atoms with Gasteiger partial charge in [0.2, 0.25) is 0 Å². The number of carboxylic acids is 1. The zero-order chi connectivity index (χ0) is 24.1. The summed E-state index contributed by atoms with van der Waals surface area (Å²) >= 11 is 0. The molecule has 178 valence electrons. The van der Waals surface area contributed by atoms with Crippen molar-refractivity contribution in [2.24, 2.45) is 0 Å². The average Bonchev–Trinajstić information content (AvgIpc) is 3.60. The summed E-state index contributed by atoms with van der Waals surface area (Å²) in [5, 5.41) is 26.7. The first-order valence-electron chi connectivity index (χ1n) is 11.2. The van der Waals surface area contributed by atoms with Gasteiger partial charge < -0.3 is 20.3 Å². The molecule has 2 atom stereocenters. The predicted octanol–water partition coefficient (Wildman–Crippen LogP) is 1.78. The van der Waals surface area contributed by atoms with Crippen LogP contribution in [0.5, 0.6) is 6.01 Å². The van der Waals surface area contributed by atoms with Crippen LogP contribution in [0, 0.1) is 0 Å². The fourth-order valence-corrected chi connectivity index (χ4v) is 3.70. The summed E-state index contributed by atoms with van der Waals surface area (Å²) in [6.45, 7) is 2.72. The number of hydrogen-bond acceptors (Lipinski definition) is 7. The van der Waals surface area contributed by atoms with Crippen molar-refractivity contribution in [3.63, 3.8) is 0 Å². The molecule has 3 N–H and O–H groups in total. The van der Waals surface area contributed by atoms with Crippen LogP contribution in [0.1, 0.15) is 53.0 Å². The van der Waals surface area contributed by atoms with E-state index in [1.54, 1.807) is 23.1 Å². The van der Waals surface area contributed by atoms with Crippen LogP contribution >= 0.6 is 0 Å². The number of aromatic nitrogens is 4. The number of ether oxygens (including phenoxy) is 1. The summed E-state index contributed by atoms with van der Waals surface area (Å²) < 4.78 is 7.03. The van der Waals surface area contributed by atoms with Crippen molar-refractivity contribution >= 4 is 11.9 Å².